The molecule has 0 bridgehead atoms. The molecule has 3 rings (SSSR count). The number of rotatable bonds is 5. The molecule has 9 nitrogen and oxygen atoms in total. The molecule has 30 heavy (non-hydrogen) atoms. The lowest BCUT2D eigenvalue weighted by Crippen LogP contribution is -2.39. The Bertz CT molecular complexity index is 1030. The highest BCUT2D eigenvalue weighted by molar-refractivity contribution is 5.95. The molecule has 160 valence electrons. The third-order valence-corrected chi connectivity index (χ3v) is 5.21. The normalized spacial score (nSPS) is 13.7. The molecule has 2 heterocycles. The molecular formula is C21H26N4O5. The maximum absolute atomic E-state index is 12.8. The first-order chi connectivity index (χ1) is 14.4. The van der Waals surface area contributed by atoms with E-state index < -0.39 is 18.5 Å². The fraction of sp³-hybridized carbons (Fsp3) is 0.476. The van der Waals surface area contributed by atoms with Gasteiger partial charge in [0.1, 0.15) is 5.82 Å². The van der Waals surface area contributed by atoms with Gasteiger partial charge in [0.05, 0.1) is 23.0 Å². The summed E-state index contributed by atoms with van der Waals surface area (Å²) in [5.41, 5.74) is 0.569. The minimum atomic E-state index is -0.688. The van der Waals surface area contributed by atoms with Gasteiger partial charge >= 0.3 is 5.97 Å². The molecule has 1 aromatic carbocycles. The Morgan fingerprint density at radius 3 is 2.73 bits per heavy atom. The van der Waals surface area contributed by atoms with Gasteiger partial charge in [0.25, 0.3) is 11.5 Å². The van der Waals surface area contributed by atoms with Gasteiger partial charge < -0.3 is 15.0 Å². The van der Waals surface area contributed by atoms with Crippen LogP contribution in [0.15, 0.2) is 23.0 Å². The largest absolute Gasteiger partial charge is 0.452 e. The smallest absolute Gasteiger partial charge is 0.338 e. The van der Waals surface area contributed by atoms with E-state index in [9.17, 15) is 19.2 Å². The lowest BCUT2D eigenvalue weighted by Gasteiger charge is -2.17. The summed E-state index contributed by atoms with van der Waals surface area (Å²) in [6, 6.07) is 4.60. The van der Waals surface area contributed by atoms with Crippen LogP contribution in [0.5, 0.6) is 0 Å². The predicted molar refractivity (Wildman–Crippen MR) is 110 cm³/mol. The monoisotopic (exact) mass is 414 g/mol. The molecular weight excluding hydrogens is 388 g/mol. The quantitative estimate of drug-likeness (QED) is 0.727. The summed E-state index contributed by atoms with van der Waals surface area (Å²) in [6.07, 6.45) is 4.87. The van der Waals surface area contributed by atoms with Crippen LogP contribution in [0.1, 0.15) is 41.9 Å². The summed E-state index contributed by atoms with van der Waals surface area (Å²) < 4.78 is 6.82. The van der Waals surface area contributed by atoms with Crippen molar-refractivity contribution in [2.45, 2.75) is 38.6 Å². The van der Waals surface area contributed by atoms with Crippen molar-refractivity contribution >= 4 is 28.7 Å². The molecule has 0 atom stereocenters. The highest BCUT2D eigenvalue weighted by Crippen LogP contribution is 2.17. The fourth-order valence-electron chi connectivity index (χ4n) is 3.43. The minimum absolute atomic E-state index is 0.0946. The van der Waals surface area contributed by atoms with Crippen LogP contribution in [-0.4, -0.2) is 59.5 Å². The Hall–Kier alpha value is -3.23. The van der Waals surface area contributed by atoms with Crippen molar-refractivity contribution < 1.29 is 19.1 Å². The van der Waals surface area contributed by atoms with Gasteiger partial charge in [-0.15, -0.1) is 0 Å². The standard InChI is InChI=1S/C21H26N4O5/c1-22-18(26)12-24(2)19(27)13-30-21(29)14-8-9-15-16(11-14)23-17-7-5-3-4-6-10-25(17)20(15)28/h8-9,11H,3-7,10,12-13H2,1-2H3,(H,22,26). The highest BCUT2D eigenvalue weighted by Gasteiger charge is 2.18. The number of nitrogens with one attached hydrogen (secondary N) is 1. The van der Waals surface area contributed by atoms with Gasteiger partial charge in [-0.25, -0.2) is 9.78 Å². The van der Waals surface area contributed by atoms with E-state index in [4.69, 9.17) is 4.74 Å². The first-order valence-corrected chi connectivity index (χ1v) is 10.1. The molecule has 0 fully saturated rings. The van der Waals surface area contributed by atoms with E-state index in [-0.39, 0.29) is 23.6 Å². The number of fused-ring (bicyclic) bond motifs is 2. The van der Waals surface area contributed by atoms with Crippen LogP contribution in [0.25, 0.3) is 10.9 Å². The van der Waals surface area contributed by atoms with Crippen LogP contribution in [0.3, 0.4) is 0 Å². The van der Waals surface area contributed by atoms with E-state index in [0.29, 0.717) is 17.4 Å². The van der Waals surface area contributed by atoms with Crippen LogP contribution < -0.4 is 10.9 Å². The predicted octanol–water partition coefficient (Wildman–Crippen LogP) is 0.874. The first-order valence-electron chi connectivity index (χ1n) is 10.1. The number of benzene rings is 1. The van der Waals surface area contributed by atoms with Gasteiger partial charge in [-0.1, -0.05) is 12.8 Å². The van der Waals surface area contributed by atoms with E-state index in [1.807, 2.05) is 0 Å². The van der Waals surface area contributed by atoms with Crippen LogP contribution >= 0.6 is 0 Å². The Morgan fingerprint density at radius 2 is 1.97 bits per heavy atom. The number of hydrogen-bond donors (Lipinski definition) is 1. The van der Waals surface area contributed by atoms with Crippen molar-refractivity contribution in [2.24, 2.45) is 0 Å². The molecule has 2 amide bonds. The second-order valence-corrected chi connectivity index (χ2v) is 7.38. The maximum atomic E-state index is 12.8. The molecule has 1 N–H and O–H groups in total. The zero-order valence-electron chi connectivity index (χ0n) is 17.3. The zero-order chi connectivity index (χ0) is 21.7. The summed E-state index contributed by atoms with van der Waals surface area (Å²) in [4.78, 5) is 54.4. The number of carbonyl (C=O) groups excluding carboxylic acids is 3. The van der Waals surface area contributed by atoms with Crippen LogP contribution in [0, 0.1) is 0 Å². The van der Waals surface area contributed by atoms with Crippen molar-refractivity contribution in [1.29, 1.82) is 0 Å². The molecule has 1 aliphatic rings. The van der Waals surface area contributed by atoms with Crippen molar-refractivity contribution in [2.75, 3.05) is 27.2 Å². The second-order valence-electron chi connectivity index (χ2n) is 7.38. The third kappa shape index (κ3) is 4.84. The number of esters is 1. The molecule has 0 saturated heterocycles. The molecule has 1 aromatic heterocycles. The summed E-state index contributed by atoms with van der Waals surface area (Å²) in [7, 11) is 2.92. The number of aromatic nitrogens is 2. The summed E-state index contributed by atoms with van der Waals surface area (Å²) in [6.45, 7) is 0.0546. The Kier molecular flexibility index (Phi) is 6.81. The molecule has 1 aliphatic heterocycles. The van der Waals surface area contributed by atoms with Gasteiger partial charge in [-0.2, -0.15) is 0 Å². The molecule has 2 aromatic rings. The lowest BCUT2D eigenvalue weighted by atomic mass is 10.1. The van der Waals surface area contributed by atoms with E-state index in [1.165, 1.54) is 31.1 Å². The lowest BCUT2D eigenvalue weighted by molar-refractivity contribution is -0.137. The van der Waals surface area contributed by atoms with E-state index in [1.54, 1.807) is 10.6 Å². The fourth-order valence-corrected chi connectivity index (χ4v) is 3.43. The van der Waals surface area contributed by atoms with Crippen LogP contribution in [0.2, 0.25) is 0 Å². The Labute approximate surface area is 174 Å². The molecule has 0 unspecified atom stereocenters. The van der Waals surface area contributed by atoms with Gasteiger partial charge in [0, 0.05) is 27.1 Å². The van der Waals surface area contributed by atoms with E-state index in [0.717, 1.165) is 37.9 Å². The number of ether oxygens (including phenoxy) is 1. The topological polar surface area (TPSA) is 111 Å². The average molecular weight is 414 g/mol. The number of carbonyl (C=O) groups is 3. The molecule has 0 aliphatic carbocycles. The number of hydrogen-bond acceptors (Lipinski definition) is 6. The number of amides is 2. The van der Waals surface area contributed by atoms with Crippen molar-refractivity contribution in [3.8, 4) is 0 Å². The van der Waals surface area contributed by atoms with E-state index >= 15 is 0 Å². The molecule has 0 spiro atoms. The zero-order valence-corrected chi connectivity index (χ0v) is 17.3. The number of likely N-dealkylation sites (N-methyl/N-ethyl adjacent to an activating group) is 2. The summed E-state index contributed by atoms with van der Waals surface area (Å²) >= 11 is 0. The van der Waals surface area contributed by atoms with Crippen LogP contribution in [0.4, 0.5) is 0 Å². The third-order valence-electron chi connectivity index (χ3n) is 5.21. The Balaban J connectivity index is 1.75. The molecule has 9 heteroatoms. The SMILES string of the molecule is CNC(=O)CN(C)C(=O)COC(=O)c1ccc2c(=O)n3c(nc2c1)CCCCCC3. The van der Waals surface area contributed by atoms with Gasteiger partial charge in [-0.05, 0) is 31.0 Å². The average Bonchev–Trinajstić information content (AvgIpc) is 2.72. The van der Waals surface area contributed by atoms with Crippen molar-refractivity contribution in [3.63, 3.8) is 0 Å². The second kappa shape index (κ2) is 9.51. The van der Waals surface area contributed by atoms with Crippen LogP contribution in [-0.2, 0) is 27.3 Å². The first kappa shape index (κ1) is 21.5. The molecule has 0 radical (unpaired) electrons. The highest BCUT2D eigenvalue weighted by atomic mass is 16.5. The number of aryl methyl sites for hydroxylation is 1. The van der Waals surface area contributed by atoms with Crippen molar-refractivity contribution in [3.05, 3.63) is 39.9 Å². The maximum Gasteiger partial charge on any atom is 0.338 e. The van der Waals surface area contributed by atoms with Gasteiger partial charge in [0.2, 0.25) is 5.91 Å². The summed E-state index contributed by atoms with van der Waals surface area (Å²) in [5.74, 6) is -0.764. The van der Waals surface area contributed by atoms with Crippen molar-refractivity contribution in [1.82, 2.24) is 19.8 Å². The van der Waals surface area contributed by atoms with Gasteiger partial charge in [-0.3, -0.25) is 19.0 Å². The molecule has 0 saturated carbocycles. The summed E-state index contributed by atoms with van der Waals surface area (Å²) in [5, 5.41) is 2.87. The number of nitrogens with zero attached hydrogens (tertiary/aromatic N) is 3. The van der Waals surface area contributed by atoms with E-state index in [2.05, 4.69) is 10.3 Å². The Morgan fingerprint density at radius 1 is 1.20 bits per heavy atom. The minimum Gasteiger partial charge on any atom is -0.452 e. The van der Waals surface area contributed by atoms with Gasteiger partial charge in [0.15, 0.2) is 6.61 Å².